The first-order valence-electron chi connectivity index (χ1n) is 11.6. The molecule has 1 aliphatic rings. The van der Waals surface area contributed by atoms with Gasteiger partial charge in [-0.1, -0.05) is 0 Å². The van der Waals surface area contributed by atoms with Crippen LogP contribution in [0.5, 0.6) is 17.2 Å². The molecule has 0 saturated carbocycles. The molecule has 1 aliphatic heterocycles. The highest BCUT2D eigenvalue weighted by molar-refractivity contribution is 5.99. The summed E-state index contributed by atoms with van der Waals surface area (Å²) in [5, 5.41) is 0. The van der Waals surface area contributed by atoms with Gasteiger partial charge in [-0.25, -0.2) is 4.99 Å². The van der Waals surface area contributed by atoms with Gasteiger partial charge in [0.2, 0.25) is 0 Å². The highest BCUT2D eigenvalue weighted by Gasteiger charge is 2.19. The van der Waals surface area contributed by atoms with E-state index < -0.39 is 0 Å². The van der Waals surface area contributed by atoms with Crippen molar-refractivity contribution in [3.63, 3.8) is 0 Å². The summed E-state index contributed by atoms with van der Waals surface area (Å²) in [6.07, 6.45) is 5.26. The maximum absolute atomic E-state index is 12.6. The van der Waals surface area contributed by atoms with Crippen molar-refractivity contribution in [2.45, 2.75) is 25.9 Å². The largest absolute Gasteiger partial charge is 0.488 e. The zero-order valence-electron chi connectivity index (χ0n) is 20.0. The predicted octanol–water partition coefficient (Wildman–Crippen LogP) is 4.56. The number of nitrogens with two attached hydrogens (primary N) is 1. The number of nitrogens with zero attached hydrogens (tertiary/aromatic N) is 3. The number of amidine groups is 1. The molecule has 0 radical (unpaired) electrons. The van der Waals surface area contributed by atoms with Crippen LogP contribution in [0.4, 0.5) is 5.69 Å². The first-order valence-corrected chi connectivity index (χ1v) is 11.6. The molecule has 8 heteroatoms. The van der Waals surface area contributed by atoms with Crippen LogP contribution < -0.4 is 15.2 Å². The van der Waals surface area contributed by atoms with E-state index in [1.54, 1.807) is 62.0 Å². The summed E-state index contributed by atoms with van der Waals surface area (Å²) in [4.78, 5) is 23.0. The van der Waals surface area contributed by atoms with Gasteiger partial charge in [0.05, 0.1) is 18.5 Å². The minimum atomic E-state index is -0.171. The minimum absolute atomic E-state index is 0.0539. The van der Waals surface area contributed by atoms with Crippen molar-refractivity contribution in [2.75, 3.05) is 26.8 Å². The van der Waals surface area contributed by atoms with Crippen LogP contribution in [0.3, 0.4) is 0 Å². The molecule has 8 nitrogen and oxygen atoms in total. The highest BCUT2D eigenvalue weighted by atomic mass is 16.5. The van der Waals surface area contributed by atoms with Gasteiger partial charge in [-0.05, 0) is 68.3 Å². The van der Waals surface area contributed by atoms with Crippen LogP contribution in [0.2, 0.25) is 0 Å². The van der Waals surface area contributed by atoms with Gasteiger partial charge < -0.3 is 24.8 Å². The highest BCUT2D eigenvalue weighted by Crippen LogP contribution is 2.29. The number of hydrogen-bond donors (Lipinski definition) is 1. The van der Waals surface area contributed by atoms with E-state index in [2.05, 4.69) is 9.98 Å². The van der Waals surface area contributed by atoms with Gasteiger partial charge in [0.1, 0.15) is 29.2 Å². The smallest absolute Gasteiger partial charge is 0.253 e. The molecule has 1 atom stereocenters. The number of benzene rings is 2. The van der Waals surface area contributed by atoms with Crippen LogP contribution in [0, 0.1) is 0 Å². The first kappa shape index (κ1) is 24.2. The molecule has 2 heterocycles. The van der Waals surface area contributed by atoms with Gasteiger partial charge in [0.15, 0.2) is 0 Å². The Kier molecular flexibility index (Phi) is 7.95. The molecule has 0 spiro atoms. The van der Waals surface area contributed by atoms with E-state index in [-0.39, 0.29) is 12.0 Å². The third kappa shape index (κ3) is 6.58. The molecule has 3 aromatic rings. The van der Waals surface area contributed by atoms with Crippen molar-refractivity contribution in [1.29, 1.82) is 0 Å². The number of methoxy groups -OCH3 is 1. The summed E-state index contributed by atoms with van der Waals surface area (Å²) in [5.41, 5.74) is 8.24. The van der Waals surface area contributed by atoms with E-state index >= 15 is 0 Å². The lowest BCUT2D eigenvalue weighted by Crippen LogP contribution is -2.27. The molecule has 1 fully saturated rings. The molecule has 182 valence electrons. The molecule has 0 unspecified atom stereocenters. The Balaban J connectivity index is 1.57. The molecule has 35 heavy (non-hydrogen) atoms. The van der Waals surface area contributed by atoms with Crippen LogP contribution in [-0.2, 0) is 4.74 Å². The van der Waals surface area contributed by atoms with Gasteiger partial charge >= 0.3 is 0 Å². The summed E-state index contributed by atoms with van der Waals surface area (Å²) in [6, 6.07) is 16.2. The lowest BCUT2D eigenvalue weighted by molar-refractivity contribution is 0.0793. The molecule has 1 aromatic heterocycles. The van der Waals surface area contributed by atoms with Crippen molar-refractivity contribution in [1.82, 2.24) is 9.88 Å². The van der Waals surface area contributed by atoms with Crippen LogP contribution >= 0.6 is 0 Å². The maximum Gasteiger partial charge on any atom is 0.253 e. The summed E-state index contributed by atoms with van der Waals surface area (Å²) in [6.45, 7) is 3.98. The van der Waals surface area contributed by atoms with E-state index in [1.165, 1.54) is 0 Å². The zero-order chi connectivity index (χ0) is 24.6. The molecule has 4 rings (SSSR count). The molecule has 2 N–H and O–H groups in total. The average Bonchev–Trinajstić information content (AvgIpc) is 3.40. The number of carbonyl (C=O) groups excluding carboxylic acids is 1. The third-order valence-electron chi connectivity index (χ3n) is 5.54. The summed E-state index contributed by atoms with van der Waals surface area (Å²) in [7, 11) is 1.63. The molecular weight excluding hydrogens is 444 g/mol. The fourth-order valence-electron chi connectivity index (χ4n) is 3.88. The Bertz CT molecular complexity index is 1160. The molecule has 2 aromatic carbocycles. The van der Waals surface area contributed by atoms with E-state index in [1.807, 2.05) is 24.0 Å². The van der Waals surface area contributed by atoms with E-state index in [0.29, 0.717) is 46.5 Å². The van der Waals surface area contributed by atoms with E-state index in [9.17, 15) is 4.79 Å². The van der Waals surface area contributed by atoms with Gasteiger partial charge in [-0.3, -0.25) is 9.78 Å². The zero-order valence-corrected chi connectivity index (χ0v) is 20.0. The molecule has 1 saturated heterocycles. The number of hydrogen-bond acceptors (Lipinski definition) is 6. The van der Waals surface area contributed by atoms with Crippen LogP contribution in [0.25, 0.3) is 0 Å². The SMILES string of the molecule is COC[C@H](C)Oc1cc(Oc2ccc(C(=O)N3CCCC3)cc2)cc(C(N)=Nc2cccnc2)c1. The average molecular weight is 475 g/mol. The Labute approximate surface area is 205 Å². The molecule has 1 amide bonds. The third-order valence-corrected chi connectivity index (χ3v) is 5.54. The quantitative estimate of drug-likeness (QED) is 0.361. The molecular formula is C27H30N4O4. The van der Waals surface area contributed by atoms with Crippen molar-refractivity contribution < 1.29 is 19.0 Å². The summed E-state index contributed by atoms with van der Waals surface area (Å²) >= 11 is 0. The van der Waals surface area contributed by atoms with E-state index in [4.69, 9.17) is 19.9 Å². The van der Waals surface area contributed by atoms with Gasteiger partial charge in [-0.2, -0.15) is 0 Å². The normalized spacial score (nSPS) is 14.6. The van der Waals surface area contributed by atoms with Gasteiger partial charge in [0, 0.05) is 43.6 Å². The van der Waals surface area contributed by atoms with Gasteiger partial charge in [0.25, 0.3) is 5.91 Å². The summed E-state index contributed by atoms with van der Waals surface area (Å²) in [5.74, 6) is 2.06. The monoisotopic (exact) mass is 474 g/mol. The number of likely N-dealkylation sites (tertiary alicyclic amines) is 1. The first-order chi connectivity index (χ1) is 17.0. The lowest BCUT2D eigenvalue weighted by atomic mass is 10.1. The molecule has 0 aliphatic carbocycles. The number of aromatic nitrogens is 1. The van der Waals surface area contributed by atoms with E-state index in [0.717, 1.165) is 25.9 Å². The number of amides is 1. The van der Waals surface area contributed by atoms with Crippen molar-refractivity contribution in [3.8, 4) is 17.2 Å². The molecule has 0 bridgehead atoms. The fraction of sp³-hybridized carbons (Fsp3) is 0.296. The second-order valence-corrected chi connectivity index (χ2v) is 8.41. The number of pyridine rings is 1. The Morgan fingerprint density at radius 1 is 1.06 bits per heavy atom. The van der Waals surface area contributed by atoms with Crippen LogP contribution in [0.1, 0.15) is 35.7 Å². The lowest BCUT2D eigenvalue weighted by Gasteiger charge is -2.17. The van der Waals surface area contributed by atoms with Crippen molar-refractivity contribution in [3.05, 3.63) is 78.1 Å². The predicted molar refractivity (Wildman–Crippen MR) is 135 cm³/mol. The number of rotatable bonds is 9. The van der Waals surface area contributed by atoms with Crippen molar-refractivity contribution in [2.24, 2.45) is 10.7 Å². The second-order valence-electron chi connectivity index (χ2n) is 8.41. The Morgan fingerprint density at radius 3 is 2.49 bits per heavy atom. The number of carbonyl (C=O) groups is 1. The fourth-order valence-corrected chi connectivity index (χ4v) is 3.88. The minimum Gasteiger partial charge on any atom is -0.488 e. The van der Waals surface area contributed by atoms with Crippen LogP contribution in [0.15, 0.2) is 72.0 Å². The number of aliphatic imine (C=N–C) groups is 1. The Hall–Kier alpha value is -3.91. The van der Waals surface area contributed by atoms with Crippen LogP contribution in [-0.4, -0.2) is 54.5 Å². The van der Waals surface area contributed by atoms with Gasteiger partial charge in [-0.15, -0.1) is 0 Å². The van der Waals surface area contributed by atoms with Crippen molar-refractivity contribution >= 4 is 17.4 Å². The number of ether oxygens (including phenoxy) is 3. The summed E-state index contributed by atoms with van der Waals surface area (Å²) < 4.78 is 17.3. The Morgan fingerprint density at radius 2 is 1.80 bits per heavy atom. The topological polar surface area (TPSA) is 99.3 Å². The maximum atomic E-state index is 12.6. The second kappa shape index (κ2) is 11.5. The standard InChI is InChI=1S/C27H30N4O4/c1-19(18-33-2)34-24-14-21(26(28)30-22-6-5-11-29-17-22)15-25(16-24)35-23-9-7-20(8-10-23)27(32)31-12-3-4-13-31/h5-11,14-17,19H,3-4,12-13,18H2,1-2H3,(H2,28,30)/t19-/m0/s1.